The summed E-state index contributed by atoms with van der Waals surface area (Å²) in [6.07, 6.45) is 7.13. The average Bonchev–Trinajstić information content (AvgIpc) is 2.93. The number of hydrogen-bond donors (Lipinski definition) is 1. The van der Waals surface area contributed by atoms with Gasteiger partial charge in [0.25, 0.3) is 0 Å². The first kappa shape index (κ1) is 14.5. The highest BCUT2D eigenvalue weighted by molar-refractivity contribution is 5.94. The largest absolute Gasteiger partial charge is 0.494 e. The van der Waals surface area contributed by atoms with E-state index in [0.29, 0.717) is 5.52 Å². The Morgan fingerprint density at radius 2 is 2.29 bits per heavy atom. The highest BCUT2D eigenvalue weighted by Gasteiger charge is 2.18. The fourth-order valence-electron chi connectivity index (χ4n) is 1.83. The van der Waals surface area contributed by atoms with Crippen LogP contribution in [0.5, 0.6) is 0 Å². The Bertz CT molecular complexity index is 759. The SMILES string of the molecule is C=C/C=C\C(OC)=C(/F)c1cn2nccc2cc1C(=O)O. The van der Waals surface area contributed by atoms with E-state index in [-0.39, 0.29) is 16.9 Å². The van der Waals surface area contributed by atoms with Gasteiger partial charge in [-0.2, -0.15) is 5.10 Å². The number of carboxylic acid groups (broad SMARTS) is 1. The van der Waals surface area contributed by atoms with Crippen LogP contribution in [0.1, 0.15) is 15.9 Å². The fourth-order valence-corrected chi connectivity index (χ4v) is 1.83. The molecule has 0 amide bonds. The van der Waals surface area contributed by atoms with Gasteiger partial charge in [-0.25, -0.2) is 13.7 Å². The van der Waals surface area contributed by atoms with E-state index in [1.165, 1.54) is 48.3 Å². The second-order valence-corrected chi connectivity index (χ2v) is 4.08. The Morgan fingerprint density at radius 1 is 1.52 bits per heavy atom. The summed E-state index contributed by atoms with van der Waals surface area (Å²) >= 11 is 0. The van der Waals surface area contributed by atoms with Crippen molar-refractivity contribution in [2.45, 2.75) is 0 Å². The number of aromatic carboxylic acids is 1. The number of nitrogens with zero attached hydrogens (tertiary/aromatic N) is 2. The van der Waals surface area contributed by atoms with Crippen LogP contribution in [0.15, 0.2) is 55.1 Å². The van der Waals surface area contributed by atoms with Crippen LogP contribution >= 0.6 is 0 Å². The van der Waals surface area contributed by atoms with E-state index in [4.69, 9.17) is 4.74 Å². The van der Waals surface area contributed by atoms with Crippen molar-refractivity contribution in [2.24, 2.45) is 0 Å². The van der Waals surface area contributed by atoms with Gasteiger partial charge in [0.2, 0.25) is 0 Å². The topological polar surface area (TPSA) is 63.8 Å². The first-order chi connectivity index (χ1) is 10.1. The molecule has 0 aliphatic carbocycles. The first-order valence-electron chi connectivity index (χ1n) is 6.02. The molecule has 2 aromatic rings. The number of hydrogen-bond acceptors (Lipinski definition) is 3. The van der Waals surface area contributed by atoms with Crippen LogP contribution in [0.3, 0.4) is 0 Å². The highest BCUT2D eigenvalue weighted by Crippen LogP contribution is 2.26. The van der Waals surface area contributed by atoms with E-state index in [0.717, 1.165) is 0 Å². The third-order valence-electron chi connectivity index (χ3n) is 2.82. The van der Waals surface area contributed by atoms with Gasteiger partial charge in [0, 0.05) is 18.0 Å². The van der Waals surface area contributed by atoms with E-state index in [2.05, 4.69) is 11.7 Å². The normalized spacial score (nSPS) is 12.5. The highest BCUT2D eigenvalue weighted by atomic mass is 19.1. The summed E-state index contributed by atoms with van der Waals surface area (Å²) in [5.41, 5.74) is 0.288. The lowest BCUT2D eigenvalue weighted by molar-refractivity contribution is 0.0696. The summed E-state index contributed by atoms with van der Waals surface area (Å²) in [4.78, 5) is 11.3. The lowest BCUT2D eigenvalue weighted by atomic mass is 10.1. The Hall–Kier alpha value is -2.89. The molecule has 0 unspecified atom stereocenters. The molecule has 1 N–H and O–H groups in total. The molecule has 5 nitrogen and oxygen atoms in total. The summed E-state index contributed by atoms with van der Waals surface area (Å²) in [6, 6.07) is 2.99. The van der Waals surface area contributed by atoms with Gasteiger partial charge in [0.15, 0.2) is 11.6 Å². The van der Waals surface area contributed by atoms with Crippen LogP contribution in [-0.2, 0) is 4.74 Å². The summed E-state index contributed by atoms with van der Waals surface area (Å²) in [7, 11) is 1.30. The molecule has 6 heteroatoms. The van der Waals surface area contributed by atoms with Gasteiger partial charge < -0.3 is 9.84 Å². The number of ether oxygens (including phenoxy) is 1. The van der Waals surface area contributed by atoms with Gasteiger partial charge >= 0.3 is 5.97 Å². The molecule has 0 aliphatic rings. The standard InChI is InChI=1S/C15H13FN2O3/c1-3-4-5-13(21-2)14(16)12-9-18-10(6-7-17-18)8-11(12)15(19)20/h3-9H,1H2,2H3,(H,19,20)/b5-4-,14-13+. The molecule has 2 aromatic heterocycles. The quantitative estimate of drug-likeness (QED) is 0.678. The van der Waals surface area contributed by atoms with Gasteiger partial charge in [0.05, 0.1) is 18.2 Å². The molecule has 0 aliphatic heterocycles. The number of pyridine rings is 1. The second-order valence-electron chi connectivity index (χ2n) is 4.08. The Balaban J connectivity index is 2.70. The number of rotatable bonds is 5. The number of aromatic nitrogens is 2. The minimum absolute atomic E-state index is 0.0936. The third-order valence-corrected chi connectivity index (χ3v) is 2.82. The number of fused-ring (bicyclic) bond motifs is 1. The maximum absolute atomic E-state index is 14.5. The second kappa shape index (κ2) is 6.04. The van der Waals surface area contributed by atoms with E-state index in [1.54, 1.807) is 6.07 Å². The Morgan fingerprint density at radius 3 is 2.90 bits per heavy atom. The van der Waals surface area contributed by atoms with Crippen molar-refractivity contribution in [2.75, 3.05) is 7.11 Å². The summed E-state index contributed by atoms with van der Waals surface area (Å²) in [5.74, 6) is -2.11. The fraction of sp³-hybridized carbons (Fsp3) is 0.0667. The van der Waals surface area contributed by atoms with Crippen LogP contribution in [0.25, 0.3) is 11.3 Å². The van der Waals surface area contributed by atoms with Gasteiger partial charge in [0.1, 0.15) is 0 Å². The maximum atomic E-state index is 14.5. The molecule has 0 atom stereocenters. The van der Waals surface area contributed by atoms with Crippen molar-refractivity contribution in [3.8, 4) is 0 Å². The predicted octanol–water partition coefficient (Wildman–Crippen LogP) is 3.06. The van der Waals surface area contributed by atoms with E-state index in [9.17, 15) is 14.3 Å². The minimum atomic E-state index is -1.23. The zero-order valence-corrected chi connectivity index (χ0v) is 11.3. The van der Waals surface area contributed by atoms with E-state index >= 15 is 0 Å². The molecule has 0 radical (unpaired) electrons. The summed E-state index contributed by atoms with van der Waals surface area (Å²) in [6.45, 7) is 3.48. The van der Waals surface area contributed by atoms with Crippen LogP contribution in [-0.4, -0.2) is 27.8 Å². The minimum Gasteiger partial charge on any atom is -0.494 e. The smallest absolute Gasteiger partial charge is 0.336 e. The number of methoxy groups -OCH3 is 1. The molecule has 108 valence electrons. The molecule has 0 spiro atoms. The number of carbonyl (C=O) groups is 1. The molecule has 2 heterocycles. The van der Waals surface area contributed by atoms with Crippen molar-refractivity contribution >= 4 is 17.3 Å². The average molecular weight is 288 g/mol. The first-order valence-corrected chi connectivity index (χ1v) is 6.02. The zero-order valence-electron chi connectivity index (χ0n) is 11.3. The van der Waals surface area contributed by atoms with Gasteiger partial charge in [-0.1, -0.05) is 18.7 Å². The molecule has 2 rings (SSSR count). The molecular weight excluding hydrogens is 275 g/mol. The van der Waals surface area contributed by atoms with Gasteiger partial charge in [-0.3, -0.25) is 0 Å². The Kier molecular flexibility index (Phi) is 4.18. The van der Waals surface area contributed by atoms with Crippen molar-refractivity contribution in [1.29, 1.82) is 0 Å². The predicted molar refractivity (Wildman–Crippen MR) is 76.5 cm³/mol. The van der Waals surface area contributed by atoms with Gasteiger partial charge in [-0.05, 0) is 18.2 Å². The zero-order chi connectivity index (χ0) is 15.4. The summed E-state index contributed by atoms with van der Waals surface area (Å²) in [5, 5.41) is 13.2. The van der Waals surface area contributed by atoms with Crippen molar-refractivity contribution in [3.05, 3.63) is 66.2 Å². The lowest BCUT2D eigenvalue weighted by Gasteiger charge is -2.08. The molecular formula is C15H13FN2O3. The maximum Gasteiger partial charge on any atom is 0.336 e. The number of halogens is 1. The van der Waals surface area contributed by atoms with Crippen LogP contribution in [0, 0.1) is 0 Å². The molecule has 0 saturated carbocycles. The number of carboxylic acids is 1. The van der Waals surface area contributed by atoms with Crippen molar-refractivity contribution < 1.29 is 19.0 Å². The lowest BCUT2D eigenvalue weighted by Crippen LogP contribution is -2.05. The third kappa shape index (κ3) is 2.84. The van der Waals surface area contributed by atoms with Crippen LogP contribution < -0.4 is 0 Å². The monoisotopic (exact) mass is 288 g/mol. The molecule has 21 heavy (non-hydrogen) atoms. The van der Waals surface area contributed by atoms with E-state index < -0.39 is 11.8 Å². The molecule has 0 aromatic carbocycles. The van der Waals surface area contributed by atoms with E-state index in [1.807, 2.05) is 0 Å². The molecule has 0 bridgehead atoms. The number of allylic oxidation sites excluding steroid dienone is 3. The van der Waals surface area contributed by atoms with Crippen molar-refractivity contribution in [3.63, 3.8) is 0 Å². The van der Waals surface area contributed by atoms with Crippen LogP contribution in [0.4, 0.5) is 4.39 Å². The van der Waals surface area contributed by atoms with Gasteiger partial charge in [-0.15, -0.1) is 0 Å². The summed E-state index contributed by atoms with van der Waals surface area (Å²) < 4.78 is 20.9. The van der Waals surface area contributed by atoms with Crippen molar-refractivity contribution in [1.82, 2.24) is 9.61 Å². The Labute approximate surface area is 120 Å². The van der Waals surface area contributed by atoms with Crippen LogP contribution in [0.2, 0.25) is 0 Å². The molecule has 0 fully saturated rings. The molecule has 0 saturated heterocycles.